The number of hydrogen-bond donors (Lipinski definition) is 1. The Bertz CT molecular complexity index is 599. The number of rotatable bonds is 7. The molecule has 8 nitrogen and oxygen atoms in total. The van der Waals surface area contributed by atoms with Crippen LogP contribution >= 0.6 is 0 Å². The number of aromatic nitrogens is 3. The fourth-order valence-electron chi connectivity index (χ4n) is 1.57. The fraction of sp³-hybridized carbons (Fsp3) is 0.385. The third-order valence-corrected chi connectivity index (χ3v) is 2.64. The lowest BCUT2D eigenvalue weighted by molar-refractivity contribution is 0.0941. The smallest absolute Gasteiger partial charge is 0.270 e. The number of methoxy groups -OCH3 is 2. The zero-order valence-electron chi connectivity index (χ0n) is 11.8. The summed E-state index contributed by atoms with van der Waals surface area (Å²) in [6.45, 7) is 0.650. The Morgan fingerprint density at radius 3 is 3.05 bits per heavy atom. The number of carbonyl (C=O) groups is 1. The highest BCUT2D eigenvalue weighted by molar-refractivity contribution is 5.92. The third-order valence-electron chi connectivity index (χ3n) is 2.64. The van der Waals surface area contributed by atoms with Crippen molar-refractivity contribution < 1.29 is 18.8 Å². The van der Waals surface area contributed by atoms with Gasteiger partial charge in [-0.2, -0.15) is 4.98 Å². The Kier molecular flexibility index (Phi) is 5.22. The number of hydrogen-bond acceptors (Lipinski definition) is 7. The molecule has 0 aliphatic rings. The van der Waals surface area contributed by atoms with Gasteiger partial charge in [0.05, 0.1) is 20.3 Å². The van der Waals surface area contributed by atoms with E-state index < -0.39 is 0 Å². The molecule has 2 heterocycles. The van der Waals surface area contributed by atoms with Crippen molar-refractivity contribution in [2.24, 2.45) is 0 Å². The van der Waals surface area contributed by atoms with Crippen molar-refractivity contribution in [3.05, 3.63) is 35.7 Å². The summed E-state index contributed by atoms with van der Waals surface area (Å²) in [5, 5.41) is 6.43. The van der Waals surface area contributed by atoms with Gasteiger partial charge in [0, 0.05) is 25.8 Å². The van der Waals surface area contributed by atoms with Crippen LogP contribution in [0.4, 0.5) is 0 Å². The van der Waals surface area contributed by atoms with Gasteiger partial charge in [0.25, 0.3) is 5.91 Å². The summed E-state index contributed by atoms with van der Waals surface area (Å²) in [5.41, 5.74) is 0.258. The summed E-state index contributed by atoms with van der Waals surface area (Å²) < 4.78 is 15.0. The van der Waals surface area contributed by atoms with E-state index in [1.807, 2.05) is 0 Å². The summed E-state index contributed by atoms with van der Waals surface area (Å²) in [7, 11) is 3.12. The van der Waals surface area contributed by atoms with E-state index in [1.165, 1.54) is 13.3 Å². The molecule has 0 aliphatic heterocycles. The predicted molar refractivity (Wildman–Crippen MR) is 71.8 cm³/mol. The van der Waals surface area contributed by atoms with Crippen LogP contribution < -0.4 is 10.1 Å². The average molecular weight is 292 g/mol. The lowest BCUT2D eigenvalue weighted by atomic mass is 10.3. The molecule has 0 aromatic carbocycles. The molecule has 0 radical (unpaired) electrons. The normalized spacial score (nSPS) is 10.4. The third kappa shape index (κ3) is 4.25. The highest BCUT2D eigenvalue weighted by atomic mass is 16.5. The number of amides is 1. The lowest BCUT2D eigenvalue weighted by Gasteiger charge is -2.03. The van der Waals surface area contributed by atoms with Crippen molar-refractivity contribution in [3.63, 3.8) is 0 Å². The van der Waals surface area contributed by atoms with Gasteiger partial charge < -0.3 is 19.3 Å². The second-order valence-electron chi connectivity index (χ2n) is 4.11. The minimum atomic E-state index is -0.342. The molecular formula is C13H16N4O4. The van der Waals surface area contributed by atoms with E-state index in [0.717, 1.165) is 0 Å². The van der Waals surface area contributed by atoms with Crippen molar-refractivity contribution in [2.45, 2.75) is 13.0 Å². The summed E-state index contributed by atoms with van der Waals surface area (Å²) in [6, 6.07) is 3.21. The standard InChI is InChI=1S/C13H16N4O4/c1-19-6-4-11-16-12(21-17-11)8-15-13(18)10-7-9(20-2)3-5-14-10/h3,5,7H,4,6,8H2,1-2H3,(H,15,18). The first-order valence-electron chi connectivity index (χ1n) is 6.31. The maximum atomic E-state index is 11.9. The average Bonchev–Trinajstić information content (AvgIpc) is 2.98. The number of carbonyl (C=O) groups excluding carboxylic acids is 1. The molecule has 0 aliphatic carbocycles. The topological polar surface area (TPSA) is 99.4 Å². The number of pyridine rings is 1. The largest absolute Gasteiger partial charge is 0.497 e. The molecule has 112 valence electrons. The van der Waals surface area contributed by atoms with Gasteiger partial charge in [0.15, 0.2) is 5.82 Å². The molecule has 8 heteroatoms. The maximum Gasteiger partial charge on any atom is 0.270 e. The van der Waals surface area contributed by atoms with Gasteiger partial charge in [-0.15, -0.1) is 0 Å². The molecule has 0 unspecified atom stereocenters. The van der Waals surface area contributed by atoms with Crippen LogP contribution in [-0.4, -0.2) is 41.9 Å². The molecule has 1 amide bonds. The summed E-state index contributed by atoms with van der Waals surface area (Å²) >= 11 is 0. The minimum absolute atomic E-state index is 0.137. The van der Waals surface area contributed by atoms with Crippen molar-refractivity contribution in [1.82, 2.24) is 20.4 Å². The summed E-state index contributed by atoms with van der Waals surface area (Å²) in [6.07, 6.45) is 2.06. The number of ether oxygens (including phenoxy) is 2. The van der Waals surface area contributed by atoms with Crippen LogP contribution in [0.1, 0.15) is 22.2 Å². The zero-order chi connectivity index (χ0) is 15.1. The molecule has 2 aromatic heterocycles. The van der Waals surface area contributed by atoms with E-state index >= 15 is 0 Å². The van der Waals surface area contributed by atoms with E-state index in [4.69, 9.17) is 14.0 Å². The molecule has 0 saturated carbocycles. The second kappa shape index (κ2) is 7.34. The summed E-state index contributed by atoms with van der Waals surface area (Å²) in [4.78, 5) is 20.0. The molecule has 0 bridgehead atoms. The van der Waals surface area contributed by atoms with Crippen LogP contribution in [0.2, 0.25) is 0 Å². The Hall–Kier alpha value is -2.48. The van der Waals surface area contributed by atoms with E-state index in [9.17, 15) is 4.79 Å². The monoisotopic (exact) mass is 292 g/mol. The van der Waals surface area contributed by atoms with Crippen LogP contribution in [0.25, 0.3) is 0 Å². The van der Waals surface area contributed by atoms with Gasteiger partial charge in [-0.05, 0) is 6.07 Å². The second-order valence-corrected chi connectivity index (χ2v) is 4.11. The Balaban J connectivity index is 1.89. The quantitative estimate of drug-likeness (QED) is 0.797. The van der Waals surface area contributed by atoms with Gasteiger partial charge in [0.1, 0.15) is 11.4 Å². The molecule has 2 aromatic rings. The Labute approximate surface area is 121 Å². The minimum Gasteiger partial charge on any atom is -0.497 e. The number of nitrogens with zero attached hydrogens (tertiary/aromatic N) is 3. The molecule has 0 atom stereocenters. The van der Waals surface area contributed by atoms with E-state index in [1.54, 1.807) is 19.2 Å². The first-order chi connectivity index (χ1) is 10.2. The highest BCUT2D eigenvalue weighted by Crippen LogP contribution is 2.09. The Morgan fingerprint density at radius 1 is 1.43 bits per heavy atom. The van der Waals surface area contributed by atoms with Gasteiger partial charge in [-0.1, -0.05) is 5.16 Å². The van der Waals surface area contributed by atoms with Gasteiger partial charge >= 0.3 is 0 Å². The molecular weight excluding hydrogens is 276 g/mol. The van der Waals surface area contributed by atoms with E-state index in [-0.39, 0.29) is 18.1 Å². The maximum absolute atomic E-state index is 11.9. The van der Waals surface area contributed by atoms with Crippen LogP contribution in [0.3, 0.4) is 0 Å². The van der Waals surface area contributed by atoms with Crippen molar-refractivity contribution in [3.8, 4) is 5.75 Å². The first-order valence-corrected chi connectivity index (χ1v) is 6.31. The highest BCUT2D eigenvalue weighted by Gasteiger charge is 2.11. The SMILES string of the molecule is COCCc1noc(CNC(=O)c2cc(OC)ccn2)n1. The van der Waals surface area contributed by atoms with Crippen molar-refractivity contribution in [1.29, 1.82) is 0 Å². The molecule has 0 saturated heterocycles. The zero-order valence-corrected chi connectivity index (χ0v) is 11.8. The van der Waals surface area contributed by atoms with Crippen LogP contribution in [0.15, 0.2) is 22.9 Å². The number of nitrogens with one attached hydrogen (secondary N) is 1. The van der Waals surface area contributed by atoms with E-state index in [2.05, 4.69) is 20.4 Å². The lowest BCUT2D eigenvalue weighted by Crippen LogP contribution is -2.24. The molecule has 2 rings (SSSR count). The van der Waals surface area contributed by atoms with Gasteiger partial charge in [0.2, 0.25) is 5.89 Å². The van der Waals surface area contributed by atoms with Crippen LogP contribution in [0, 0.1) is 0 Å². The van der Waals surface area contributed by atoms with E-state index in [0.29, 0.717) is 30.5 Å². The van der Waals surface area contributed by atoms with Crippen LogP contribution in [0.5, 0.6) is 5.75 Å². The predicted octanol–water partition coefficient (Wildman–Crippen LogP) is 0.592. The van der Waals surface area contributed by atoms with Gasteiger partial charge in [-0.3, -0.25) is 9.78 Å². The Morgan fingerprint density at radius 2 is 2.29 bits per heavy atom. The van der Waals surface area contributed by atoms with Crippen molar-refractivity contribution in [2.75, 3.05) is 20.8 Å². The molecule has 21 heavy (non-hydrogen) atoms. The summed E-state index contributed by atoms with van der Waals surface area (Å²) in [5.74, 6) is 1.10. The molecule has 0 fully saturated rings. The fourth-order valence-corrected chi connectivity index (χ4v) is 1.57. The molecule has 0 spiro atoms. The molecule has 1 N–H and O–H groups in total. The van der Waals surface area contributed by atoms with Crippen molar-refractivity contribution >= 4 is 5.91 Å². The van der Waals surface area contributed by atoms with Crippen LogP contribution in [-0.2, 0) is 17.7 Å². The first kappa shape index (κ1) is 14.9. The van der Waals surface area contributed by atoms with Gasteiger partial charge in [-0.25, -0.2) is 0 Å².